The minimum absolute atomic E-state index is 0.0471. The molecular weight excluding hydrogens is 373 g/mol. The Morgan fingerprint density at radius 1 is 1.14 bits per heavy atom. The summed E-state index contributed by atoms with van der Waals surface area (Å²) < 4.78 is 13.0. The monoisotopic (exact) mass is 395 g/mol. The van der Waals surface area contributed by atoms with E-state index in [0.29, 0.717) is 37.1 Å². The number of carbonyl (C=O) groups excluding carboxylic acids is 3. The molecule has 0 radical (unpaired) electrons. The van der Waals surface area contributed by atoms with Crippen molar-refractivity contribution in [3.63, 3.8) is 0 Å². The maximum atomic E-state index is 13.1. The van der Waals surface area contributed by atoms with Gasteiger partial charge in [0, 0.05) is 13.0 Å². The molecule has 0 spiro atoms. The molecule has 2 aliphatic heterocycles. The Morgan fingerprint density at radius 3 is 2.62 bits per heavy atom. The molecule has 2 aromatic carbocycles. The van der Waals surface area contributed by atoms with Crippen LogP contribution in [-0.4, -0.2) is 41.4 Å². The number of nitrogens with one attached hydrogen (secondary N) is 1. The zero-order chi connectivity index (χ0) is 20.6. The first-order valence-electron chi connectivity index (χ1n) is 9.65. The number of fused-ring (bicyclic) bond motifs is 3. The van der Waals surface area contributed by atoms with Crippen molar-refractivity contribution in [3.8, 4) is 0 Å². The van der Waals surface area contributed by atoms with Crippen molar-refractivity contribution >= 4 is 23.4 Å². The van der Waals surface area contributed by atoms with Crippen molar-refractivity contribution in [1.29, 1.82) is 0 Å². The van der Waals surface area contributed by atoms with Gasteiger partial charge in [0.05, 0.1) is 11.3 Å². The van der Waals surface area contributed by atoms with E-state index < -0.39 is 5.66 Å². The maximum absolute atomic E-state index is 13.1. The summed E-state index contributed by atoms with van der Waals surface area (Å²) in [7, 11) is 0. The lowest BCUT2D eigenvalue weighted by molar-refractivity contribution is -0.123. The van der Waals surface area contributed by atoms with Gasteiger partial charge in [-0.15, -0.1) is 0 Å². The van der Waals surface area contributed by atoms with E-state index in [1.165, 1.54) is 17.0 Å². The molecule has 0 aliphatic carbocycles. The highest BCUT2D eigenvalue weighted by atomic mass is 19.1. The first kappa shape index (κ1) is 19.1. The number of rotatable bonds is 5. The smallest absolute Gasteiger partial charge is 0.258 e. The Balaban J connectivity index is 1.47. The van der Waals surface area contributed by atoms with Gasteiger partial charge >= 0.3 is 0 Å². The van der Waals surface area contributed by atoms with Crippen molar-refractivity contribution in [2.75, 3.05) is 18.0 Å². The number of hydrogen-bond acceptors (Lipinski definition) is 3. The third-order valence-corrected chi connectivity index (χ3v) is 5.70. The van der Waals surface area contributed by atoms with E-state index >= 15 is 0 Å². The summed E-state index contributed by atoms with van der Waals surface area (Å²) in [6, 6.07) is 13.1. The van der Waals surface area contributed by atoms with Gasteiger partial charge in [0.2, 0.25) is 11.8 Å². The first-order valence-corrected chi connectivity index (χ1v) is 9.65. The number of nitrogens with zero attached hydrogens (tertiary/aromatic N) is 2. The fourth-order valence-corrected chi connectivity index (χ4v) is 4.14. The average Bonchev–Trinajstić information content (AvgIpc) is 3.02. The minimum Gasteiger partial charge on any atom is -0.354 e. The van der Waals surface area contributed by atoms with Crippen molar-refractivity contribution in [1.82, 2.24) is 10.2 Å². The molecule has 1 fully saturated rings. The van der Waals surface area contributed by atoms with Gasteiger partial charge in [-0.1, -0.05) is 24.3 Å². The highest BCUT2D eigenvalue weighted by molar-refractivity contribution is 6.11. The zero-order valence-electron chi connectivity index (χ0n) is 16.2. The van der Waals surface area contributed by atoms with Crippen LogP contribution in [0.4, 0.5) is 10.1 Å². The van der Waals surface area contributed by atoms with E-state index in [1.807, 2.05) is 6.92 Å². The lowest BCUT2D eigenvalue weighted by atomic mass is 9.98. The summed E-state index contributed by atoms with van der Waals surface area (Å²) >= 11 is 0. The molecule has 0 saturated carbocycles. The number of carbonyl (C=O) groups is 3. The van der Waals surface area contributed by atoms with Crippen LogP contribution in [0.2, 0.25) is 0 Å². The number of anilines is 1. The van der Waals surface area contributed by atoms with Crippen LogP contribution in [0.15, 0.2) is 48.5 Å². The maximum Gasteiger partial charge on any atom is 0.258 e. The third-order valence-electron chi connectivity index (χ3n) is 5.70. The lowest BCUT2D eigenvalue weighted by Gasteiger charge is -2.48. The predicted molar refractivity (Wildman–Crippen MR) is 106 cm³/mol. The molecule has 0 bridgehead atoms. The summed E-state index contributed by atoms with van der Waals surface area (Å²) in [6.45, 7) is 2.08. The van der Waals surface area contributed by atoms with Crippen LogP contribution in [0.3, 0.4) is 0 Å². The van der Waals surface area contributed by atoms with Crippen LogP contribution < -0.4 is 10.2 Å². The molecule has 0 aromatic heterocycles. The molecular formula is C22H22FN3O3. The second-order valence-electron chi connectivity index (χ2n) is 7.58. The molecule has 1 N–H and O–H groups in total. The quantitative estimate of drug-likeness (QED) is 0.846. The standard InChI is InChI=1S/C22H22FN3O3/c1-22-12-10-20(28)26(22)18-5-3-2-4-17(18)21(29)25(22)14-19(27)24-13-11-15-6-8-16(23)9-7-15/h2-9H,10-14H2,1H3,(H,24,27). The van der Waals surface area contributed by atoms with E-state index in [2.05, 4.69) is 5.32 Å². The molecule has 29 heavy (non-hydrogen) atoms. The van der Waals surface area contributed by atoms with Crippen molar-refractivity contribution in [2.24, 2.45) is 0 Å². The second-order valence-corrected chi connectivity index (χ2v) is 7.58. The first-order chi connectivity index (χ1) is 13.9. The van der Waals surface area contributed by atoms with Gasteiger partial charge in [0.15, 0.2) is 0 Å². The van der Waals surface area contributed by atoms with Gasteiger partial charge in [0.25, 0.3) is 5.91 Å². The molecule has 3 amide bonds. The SMILES string of the molecule is CC12CCC(=O)N1c1ccccc1C(=O)N2CC(=O)NCCc1ccc(F)cc1. The minimum atomic E-state index is -0.850. The Hall–Kier alpha value is -3.22. The average molecular weight is 395 g/mol. The molecule has 4 rings (SSSR count). The number of benzene rings is 2. The summed E-state index contributed by atoms with van der Waals surface area (Å²) in [4.78, 5) is 41.3. The van der Waals surface area contributed by atoms with E-state index in [0.717, 1.165) is 5.56 Å². The Kier molecular flexibility index (Phi) is 4.82. The van der Waals surface area contributed by atoms with Crippen LogP contribution in [-0.2, 0) is 16.0 Å². The molecule has 1 unspecified atom stereocenters. The topological polar surface area (TPSA) is 69.7 Å². The summed E-state index contributed by atoms with van der Waals surface area (Å²) in [6.07, 6.45) is 1.38. The Bertz CT molecular complexity index is 976. The Morgan fingerprint density at radius 2 is 1.86 bits per heavy atom. The fraction of sp³-hybridized carbons (Fsp3) is 0.318. The van der Waals surface area contributed by atoms with Crippen LogP contribution in [0.1, 0.15) is 35.7 Å². The summed E-state index contributed by atoms with van der Waals surface area (Å²) in [5.41, 5.74) is 1.10. The molecule has 6 nitrogen and oxygen atoms in total. The normalized spacial score (nSPS) is 20.5. The number of halogens is 1. The van der Waals surface area contributed by atoms with Crippen LogP contribution in [0.5, 0.6) is 0 Å². The van der Waals surface area contributed by atoms with Gasteiger partial charge in [0.1, 0.15) is 18.0 Å². The fourth-order valence-electron chi connectivity index (χ4n) is 4.14. The zero-order valence-corrected chi connectivity index (χ0v) is 16.2. The highest BCUT2D eigenvalue weighted by Crippen LogP contribution is 2.43. The van der Waals surface area contributed by atoms with E-state index in [9.17, 15) is 18.8 Å². The summed E-state index contributed by atoms with van der Waals surface area (Å²) in [5, 5.41) is 2.82. The number of hydrogen-bond donors (Lipinski definition) is 1. The lowest BCUT2D eigenvalue weighted by Crippen LogP contribution is -2.63. The van der Waals surface area contributed by atoms with Crippen molar-refractivity contribution in [2.45, 2.75) is 31.8 Å². The van der Waals surface area contributed by atoms with E-state index in [1.54, 1.807) is 41.3 Å². The van der Waals surface area contributed by atoms with Crippen LogP contribution in [0.25, 0.3) is 0 Å². The largest absolute Gasteiger partial charge is 0.354 e. The highest BCUT2D eigenvalue weighted by Gasteiger charge is 2.53. The number of para-hydroxylation sites is 1. The van der Waals surface area contributed by atoms with Crippen LogP contribution in [0, 0.1) is 5.82 Å². The molecule has 2 aliphatic rings. The molecule has 1 atom stereocenters. The van der Waals surface area contributed by atoms with Gasteiger partial charge in [-0.25, -0.2) is 4.39 Å². The van der Waals surface area contributed by atoms with Gasteiger partial charge in [-0.05, 0) is 49.6 Å². The van der Waals surface area contributed by atoms with Crippen LogP contribution >= 0.6 is 0 Å². The molecule has 7 heteroatoms. The van der Waals surface area contributed by atoms with Crippen molar-refractivity contribution in [3.05, 3.63) is 65.5 Å². The van der Waals surface area contributed by atoms with E-state index in [4.69, 9.17) is 0 Å². The molecule has 150 valence electrons. The number of amides is 3. The Labute approximate surface area is 168 Å². The van der Waals surface area contributed by atoms with Gasteiger partial charge in [-0.2, -0.15) is 0 Å². The molecule has 2 aromatic rings. The molecule has 1 saturated heterocycles. The molecule has 2 heterocycles. The van der Waals surface area contributed by atoms with E-state index in [-0.39, 0.29) is 30.1 Å². The third kappa shape index (κ3) is 3.37. The predicted octanol–water partition coefficient (Wildman–Crippen LogP) is 2.48. The second kappa shape index (κ2) is 7.31. The van der Waals surface area contributed by atoms with Gasteiger partial charge < -0.3 is 10.2 Å². The summed E-state index contributed by atoms with van der Waals surface area (Å²) in [5.74, 6) is -0.886. The van der Waals surface area contributed by atoms with Crippen molar-refractivity contribution < 1.29 is 18.8 Å². The van der Waals surface area contributed by atoms with Gasteiger partial charge in [-0.3, -0.25) is 19.3 Å².